The van der Waals surface area contributed by atoms with Crippen molar-refractivity contribution in [2.45, 2.75) is 25.9 Å². The Morgan fingerprint density at radius 3 is 3.00 bits per heavy atom. The SMILES string of the molecule is Cc1c(C2c3nc[nH]c3CCN2Cc2ccc(-c3ccn[nH]3)o2)cnn1C. The lowest BCUT2D eigenvalue weighted by Crippen LogP contribution is -2.36. The largest absolute Gasteiger partial charge is 0.458 e. The van der Waals surface area contributed by atoms with Gasteiger partial charge in [-0.1, -0.05) is 0 Å². The smallest absolute Gasteiger partial charge is 0.152 e. The van der Waals surface area contributed by atoms with E-state index in [9.17, 15) is 0 Å². The molecule has 1 unspecified atom stereocenters. The maximum atomic E-state index is 6.06. The van der Waals surface area contributed by atoms with Crippen LogP contribution in [0.25, 0.3) is 11.5 Å². The average Bonchev–Trinajstić information content (AvgIpc) is 3.44. The highest BCUT2D eigenvalue weighted by molar-refractivity contribution is 5.51. The lowest BCUT2D eigenvalue weighted by atomic mass is 9.96. The van der Waals surface area contributed by atoms with Gasteiger partial charge in [-0.15, -0.1) is 0 Å². The summed E-state index contributed by atoms with van der Waals surface area (Å²) in [6.45, 7) is 3.73. The van der Waals surface area contributed by atoms with Crippen molar-refractivity contribution in [3.05, 3.63) is 65.3 Å². The van der Waals surface area contributed by atoms with E-state index in [-0.39, 0.29) is 6.04 Å². The van der Waals surface area contributed by atoms with Crippen LogP contribution in [-0.4, -0.2) is 41.4 Å². The molecule has 0 aliphatic carbocycles. The van der Waals surface area contributed by atoms with Crippen LogP contribution < -0.4 is 0 Å². The minimum atomic E-state index is 0.0643. The van der Waals surface area contributed by atoms with Crippen LogP contribution in [0, 0.1) is 6.92 Å². The molecule has 1 aliphatic heterocycles. The molecule has 0 spiro atoms. The van der Waals surface area contributed by atoms with Gasteiger partial charge in [-0.25, -0.2) is 4.98 Å². The van der Waals surface area contributed by atoms with Crippen molar-refractivity contribution in [3.63, 3.8) is 0 Å². The highest BCUT2D eigenvalue weighted by Crippen LogP contribution is 2.36. The summed E-state index contributed by atoms with van der Waals surface area (Å²) in [5.41, 5.74) is 5.51. The van der Waals surface area contributed by atoms with Crippen molar-refractivity contribution in [3.8, 4) is 11.5 Å². The van der Waals surface area contributed by atoms with Gasteiger partial charge in [-0.2, -0.15) is 10.2 Å². The van der Waals surface area contributed by atoms with Gasteiger partial charge in [0, 0.05) is 43.2 Å². The third kappa shape index (κ3) is 2.69. The second-order valence-electron chi connectivity index (χ2n) is 6.93. The third-order valence-corrected chi connectivity index (χ3v) is 5.38. The summed E-state index contributed by atoms with van der Waals surface area (Å²) >= 11 is 0. The van der Waals surface area contributed by atoms with Crippen LogP contribution in [0.15, 0.2) is 41.3 Å². The quantitative estimate of drug-likeness (QED) is 0.581. The zero-order chi connectivity index (χ0) is 18.4. The van der Waals surface area contributed by atoms with Crippen molar-refractivity contribution in [2.24, 2.45) is 7.05 Å². The van der Waals surface area contributed by atoms with Gasteiger partial charge in [-0.3, -0.25) is 14.7 Å². The molecule has 1 atom stereocenters. The normalized spacial score (nSPS) is 17.3. The Balaban J connectivity index is 1.48. The zero-order valence-corrected chi connectivity index (χ0v) is 15.3. The summed E-state index contributed by atoms with van der Waals surface area (Å²) in [7, 11) is 1.97. The van der Waals surface area contributed by atoms with Crippen LogP contribution in [0.1, 0.15) is 34.4 Å². The first-order valence-electron chi connectivity index (χ1n) is 9.04. The number of rotatable bonds is 4. The number of aryl methyl sites for hydroxylation is 1. The predicted molar refractivity (Wildman–Crippen MR) is 98.8 cm³/mol. The van der Waals surface area contributed by atoms with E-state index in [0.29, 0.717) is 6.54 Å². The number of furan rings is 1. The van der Waals surface area contributed by atoms with Crippen molar-refractivity contribution in [1.29, 1.82) is 0 Å². The number of fused-ring (bicyclic) bond motifs is 1. The number of hydrogen-bond acceptors (Lipinski definition) is 5. The first-order chi connectivity index (χ1) is 13.2. The first-order valence-corrected chi connectivity index (χ1v) is 9.04. The van der Waals surface area contributed by atoms with E-state index >= 15 is 0 Å². The summed E-state index contributed by atoms with van der Waals surface area (Å²) in [4.78, 5) is 10.3. The molecule has 0 bridgehead atoms. The van der Waals surface area contributed by atoms with E-state index in [1.807, 2.05) is 36.1 Å². The molecule has 8 nitrogen and oxygen atoms in total. The minimum Gasteiger partial charge on any atom is -0.458 e. The van der Waals surface area contributed by atoms with Gasteiger partial charge < -0.3 is 9.40 Å². The van der Waals surface area contributed by atoms with Crippen LogP contribution >= 0.6 is 0 Å². The van der Waals surface area contributed by atoms with Crippen LogP contribution in [0.2, 0.25) is 0 Å². The van der Waals surface area contributed by atoms with Crippen molar-refractivity contribution >= 4 is 0 Å². The van der Waals surface area contributed by atoms with E-state index in [2.05, 4.69) is 37.1 Å². The van der Waals surface area contributed by atoms with Crippen LogP contribution in [0.5, 0.6) is 0 Å². The number of nitrogens with one attached hydrogen (secondary N) is 2. The fourth-order valence-corrected chi connectivity index (χ4v) is 3.82. The molecular weight excluding hydrogens is 342 g/mol. The van der Waals surface area contributed by atoms with Gasteiger partial charge in [0.2, 0.25) is 0 Å². The molecule has 5 heterocycles. The molecule has 5 rings (SSSR count). The molecule has 27 heavy (non-hydrogen) atoms. The molecule has 1 aliphatic rings. The van der Waals surface area contributed by atoms with Gasteiger partial charge >= 0.3 is 0 Å². The molecule has 0 saturated heterocycles. The molecule has 0 aromatic carbocycles. The van der Waals surface area contributed by atoms with E-state index in [0.717, 1.165) is 41.6 Å². The van der Waals surface area contributed by atoms with Crippen LogP contribution in [-0.2, 0) is 20.0 Å². The fourth-order valence-electron chi connectivity index (χ4n) is 3.82. The molecule has 4 aromatic heterocycles. The summed E-state index contributed by atoms with van der Waals surface area (Å²) in [6, 6.07) is 5.98. The summed E-state index contributed by atoms with van der Waals surface area (Å²) in [5, 5.41) is 11.4. The molecule has 2 N–H and O–H groups in total. The maximum absolute atomic E-state index is 6.06. The Hall–Kier alpha value is -3.13. The van der Waals surface area contributed by atoms with Gasteiger partial charge in [0.05, 0.1) is 30.8 Å². The van der Waals surface area contributed by atoms with Gasteiger partial charge in [0.1, 0.15) is 11.5 Å². The van der Waals surface area contributed by atoms with Gasteiger partial charge in [0.25, 0.3) is 0 Å². The summed E-state index contributed by atoms with van der Waals surface area (Å²) < 4.78 is 7.97. The Morgan fingerprint density at radius 1 is 1.30 bits per heavy atom. The van der Waals surface area contributed by atoms with E-state index in [1.54, 1.807) is 12.5 Å². The third-order valence-electron chi connectivity index (χ3n) is 5.38. The molecule has 8 heteroatoms. The van der Waals surface area contributed by atoms with Crippen molar-refractivity contribution in [2.75, 3.05) is 6.54 Å². The standard InChI is InChI=1S/C19H21N7O/c1-12-14(9-23-25(12)2)19-18-16(20-11-21-18)6-8-26(19)10-13-3-4-17(27-13)15-5-7-22-24-15/h3-5,7,9,11,19H,6,8,10H2,1-2H3,(H,20,21)(H,22,24). The molecule has 0 radical (unpaired) electrons. The highest BCUT2D eigenvalue weighted by atomic mass is 16.3. The Bertz CT molecular complexity index is 1060. The molecule has 0 amide bonds. The van der Waals surface area contributed by atoms with Gasteiger partial charge in [0.15, 0.2) is 5.76 Å². The fraction of sp³-hybridized carbons (Fsp3) is 0.316. The number of H-pyrrole nitrogens is 2. The zero-order valence-electron chi connectivity index (χ0n) is 15.3. The predicted octanol–water partition coefficient (Wildman–Crippen LogP) is 2.58. The number of aromatic nitrogens is 6. The molecule has 138 valence electrons. The van der Waals surface area contributed by atoms with Crippen molar-refractivity contribution in [1.82, 2.24) is 34.8 Å². The van der Waals surface area contributed by atoms with E-state index < -0.39 is 0 Å². The van der Waals surface area contributed by atoms with E-state index in [1.165, 1.54) is 11.3 Å². The Kier molecular flexibility index (Phi) is 3.71. The first kappa shape index (κ1) is 16.1. The van der Waals surface area contributed by atoms with Gasteiger partial charge in [-0.05, 0) is 25.1 Å². The van der Waals surface area contributed by atoms with Crippen LogP contribution in [0.3, 0.4) is 0 Å². The summed E-state index contributed by atoms with van der Waals surface area (Å²) in [5.74, 6) is 1.72. The van der Waals surface area contributed by atoms with Crippen molar-refractivity contribution < 1.29 is 4.42 Å². The topological polar surface area (TPSA) is 91.6 Å². The second kappa shape index (κ2) is 6.24. The minimum absolute atomic E-state index is 0.0643. The Labute approximate surface area is 156 Å². The monoisotopic (exact) mass is 363 g/mol. The number of aromatic amines is 2. The second-order valence-corrected chi connectivity index (χ2v) is 6.93. The average molecular weight is 363 g/mol. The molecular formula is C19H21N7O. The summed E-state index contributed by atoms with van der Waals surface area (Å²) in [6.07, 6.45) is 6.41. The molecule has 0 fully saturated rings. The maximum Gasteiger partial charge on any atom is 0.152 e. The number of imidazole rings is 1. The number of hydrogen-bond donors (Lipinski definition) is 2. The lowest BCUT2D eigenvalue weighted by Gasteiger charge is -2.34. The van der Waals surface area contributed by atoms with E-state index in [4.69, 9.17) is 4.42 Å². The number of nitrogens with zero attached hydrogens (tertiary/aromatic N) is 5. The molecule has 4 aromatic rings. The Morgan fingerprint density at radius 2 is 2.22 bits per heavy atom. The highest BCUT2D eigenvalue weighted by Gasteiger charge is 2.33. The van der Waals surface area contributed by atoms with Crippen LogP contribution in [0.4, 0.5) is 0 Å². The lowest BCUT2D eigenvalue weighted by molar-refractivity contribution is 0.185. The molecule has 0 saturated carbocycles.